The van der Waals surface area contributed by atoms with Gasteiger partial charge in [0.25, 0.3) is 0 Å². The minimum atomic E-state index is -3.94. The van der Waals surface area contributed by atoms with Gasteiger partial charge in [0.05, 0.1) is 0 Å². The van der Waals surface area contributed by atoms with E-state index in [9.17, 15) is 17.6 Å². The number of sulfonamides is 1. The summed E-state index contributed by atoms with van der Waals surface area (Å²) in [4.78, 5) is 11.1. The molecule has 0 saturated carbocycles. The molecule has 0 bridgehead atoms. The molecule has 0 aromatic heterocycles. The number of amides is 1. The molecule has 23 heavy (non-hydrogen) atoms. The van der Waals surface area contributed by atoms with Crippen molar-refractivity contribution in [1.82, 2.24) is 15.4 Å². The second-order valence-corrected chi connectivity index (χ2v) is 6.41. The molecule has 0 atom stereocenters. The Morgan fingerprint density at radius 2 is 1.83 bits per heavy atom. The molecule has 1 aromatic carbocycles. The molecule has 0 spiro atoms. The molecule has 1 aromatic rings. The molecule has 1 amide bonds. The van der Waals surface area contributed by atoms with Gasteiger partial charge in [-0.1, -0.05) is 19.1 Å². The van der Waals surface area contributed by atoms with Gasteiger partial charge in [-0.3, -0.25) is 4.79 Å². The lowest BCUT2D eigenvalue weighted by Crippen LogP contribution is -2.34. The van der Waals surface area contributed by atoms with Crippen LogP contribution in [0.4, 0.5) is 4.39 Å². The third-order valence-corrected chi connectivity index (χ3v) is 4.32. The molecule has 0 unspecified atom stereocenters. The summed E-state index contributed by atoms with van der Waals surface area (Å²) >= 11 is 0. The smallest absolute Gasteiger partial charge is 0.243 e. The Kier molecular flexibility index (Phi) is 10.7. The lowest BCUT2D eigenvalue weighted by Gasteiger charge is -2.08. The predicted molar refractivity (Wildman–Crippen MR) is 89.6 cm³/mol. The van der Waals surface area contributed by atoms with Gasteiger partial charge in [0, 0.05) is 26.1 Å². The van der Waals surface area contributed by atoms with Crippen LogP contribution in [0.2, 0.25) is 0 Å². The zero-order valence-electron chi connectivity index (χ0n) is 13.0. The van der Waals surface area contributed by atoms with Gasteiger partial charge in [-0.2, -0.15) is 0 Å². The normalized spacial score (nSPS) is 10.9. The first kappa shape index (κ1) is 21.8. The molecule has 9 heteroatoms. The summed E-state index contributed by atoms with van der Waals surface area (Å²) in [5.74, 6) is -1.07. The second kappa shape index (κ2) is 11.3. The average molecular weight is 368 g/mol. The molecular formula is C14H23ClFN3O3S. The Labute approximate surface area is 142 Å². The van der Waals surface area contributed by atoms with Gasteiger partial charge in [-0.05, 0) is 25.1 Å². The molecule has 3 N–H and O–H groups in total. The first-order chi connectivity index (χ1) is 10.5. The predicted octanol–water partition coefficient (Wildman–Crippen LogP) is 1.03. The summed E-state index contributed by atoms with van der Waals surface area (Å²) in [6.07, 6.45) is 1.02. The van der Waals surface area contributed by atoms with Crippen molar-refractivity contribution >= 4 is 28.3 Å². The summed E-state index contributed by atoms with van der Waals surface area (Å²) in [5, 5.41) is 5.80. The van der Waals surface area contributed by atoms with Crippen LogP contribution in [0.25, 0.3) is 0 Å². The van der Waals surface area contributed by atoms with Crippen molar-refractivity contribution in [3.63, 3.8) is 0 Å². The number of hydrogen-bond acceptors (Lipinski definition) is 4. The van der Waals surface area contributed by atoms with E-state index >= 15 is 0 Å². The number of nitrogens with one attached hydrogen (secondary N) is 3. The third kappa shape index (κ3) is 8.26. The number of halogens is 2. The fourth-order valence-corrected chi connectivity index (χ4v) is 2.83. The number of benzene rings is 1. The Balaban J connectivity index is 0.00000484. The van der Waals surface area contributed by atoms with Crippen LogP contribution < -0.4 is 15.4 Å². The summed E-state index contributed by atoms with van der Waals surface area (Å²) in [7, 11) is -3.94. The zero-order chi connectivity index (χ0) is 16.4. The molecule has 0 fully saturated rings. The van der Waals surface area contributed by atoms with Crippen molar-refractivity contribution in [2.75, 3.05) is 26.2 Å². The molecule has 0 heterocycles. The van der Waals surface area contributed by atoms with E-state index in [1.165, 1.54) is 18.2 Å². The van der Waals surface area contributed by atoms with E-state index in [2.05, 4.69) is 15.4 Å². The van der Waals surface area contributed by atoms with Crippen LogP contribution >= 0.6 is 12.4 Å². The van der Waals surface area contributed by atoms with E-state index in [0.717, 1.165) is 19.0 Å². The largest absolute Gasteiger partial charge is 0.355 e. The third-order valence-electron chi connectivity index (χ3n) is 2.82. The van der Waals surface area contributed by atoms with E-state index in [0.29, 0.717) is 13.1 Å². The molecule has 0 saturated heterocycles. The molecule has 1 rings (SSSR count). The maximum Gasteiger partial charge on any atom is 0.243 e. The number of carbonyl (C=O) groups is 1. The number of hydrogen-bond donors (Lipinski definition) is 3. The fraction of sp³-hybridized carbons (Fsp3) is 0.500. The highest BCUT2D eigenvalue weighted by Gasteiger charge is 2.18. The molecule has 0 aliphatic heterocycles. The minimum absolute atomic E-state index is 0. The van der Waals surface area contributed by atoms with Crippen molar-refractivity contribution in [2.45, 2.75) is 24.7 Å². The van der Waals surface area contributed by atoms with Gasteiger partial charge in [0.1, 0.15) is 10.7 Å². The lowest BCUT2D eigenvalue weighted by molar-refractivity contribution is -0.120. The molecule has 0 radical (unpaired) electrons. The maximum absolute atomic E-state index is 13.4. The van der Waals surface area contributed by atoms with Gasteiger partial charge in [-0.25, -0.2) is 17.5 Å². The van der Waals surface area contributed by atoms with Gasteiger partial charge >= 0.3 is 0 Å². The molecule has 132 valence electrons. The summed E-state index contributed by atoms with van der Waals surface area (Å²) in [6, 6.07) is 5.10. The quantitative estimate of drug-likeness (QED) is 0.539. The van der Waals surface area contributed by atoms with Crippen LogP contribution in [0, 0.1) is 5.82 Å². The van der Waals surface area contributed by atoms with Crippen LogP contribution in [-0.4, -0.2) is 40.5 Å². The minimum Gasteiger partial charge on any atom is -0.355 e. The molecule has 6 nitrogen and oxygen atoms in total. The van der Waals surface area contributed by atoms with Crippen LogP contribution in [0.5, 0.6) is 0 Å². The van der Waals surface area contributed by atoms with Crippen molar-refractivity contribution < 1.29 is 17.6 Å². The molecule has 0 aliphatic rings. The van der Waals surface area contributed by atoms with Crippen LogP contribution in [0.1, 0.15) is 19.8 Å². The van der Waals surface area contributed by atoms with E-state index in [1.54, 1.807) is 0 Å². The highest BCUT2D eigenvalue weighted by molar-refractivity contribution is 7.89. The second-order valence-electron chi connectivity index (χ2n) is 4.68. The monoisotopic (exact) mass is 367 g/mol. The highest BCUT2D eigenvalue weighted by Crippen LogP contribution is 2.12. The number of rotatable bonds is 10. The summed E-state index contributed by atoms with van der Waals surface area (Å²) in [5.41, 5.74) is 0. The Hall–Kier alpha value is -1.22. The Morgan fingerprint density at radius 3 is 2.48 bits per heavy atom. The van der Waals surface area contributed by atoms with Crippen LogP contribution in [0.3, 0.4) is 0 Å². The van der Waals surface area contributed by atoms with Crippen molar-refractivity contribution in [3.05, 3.63) is 30.1 Å². The van der Waals surface area contributed by atoms with Crippen LogP contribution in [-0.2, 0) is 14.8 Å². The van der Waals surface area contributed by atoms with Gasteiger partial charge in [0.15, 0.2) is 0 Å². The van der Waals surface area contributed by atoms with Gasteiger partial charge in [0.2, 0.25) is 15.9 Å². The van der Waals surface area contributed by atoms with Gasteiger partial charge in [-0.15, -0.1) is 12.4 Å². The van der Waals surface area contributed by atoms with Crippen molar-refractivity contribution in [2.24, 2.45) is 0 Å². The zero-order valence-corrected chi connectivity index (χ0v) is 14.6. The number of carbonyl (C=O) groups excluding carboxylic acids is 1. The van der Waals surface area contributed by atoms with Crippen molar-refractivity contribution in [3.8, 4) is 0 Å². The van der Waals surface area contributed by atoms with Gasteiger partial charge < -0.3 is 10.6 Å². The van der Waals surface area contributed by atoms with Crippen LogP contribution in [0.15, 0.2) is 29.2 Å². The maximum atomic E-state index is 13.4. The highest BCUT2D eigenvalue weighted by atomic mass is 35.5. The SMILES string of the molecule is CCCNCCNC(=O)CCNS(=O)(=O)c1ccccc1F.Cl. The van der Waals surface area contributed by atoms with E-state index in [4.69, 9.17) is 0 Å². The Bertz CT molecular complexity index is 584. The molecular weight excluding hydrogens is 345 g/mol. The standard InChI is InChI=1S/C14H22FN3O3S.ClH/c1-2-8-16-10-11-17-14(19)7-9-18-22(20,21)13-6-4-3-5-12(13)15;/h3-6,16,18H,2,7-11H2,1H3,(H,17,19);1H. The fourth-order valence-electron chi connectivity index (χ4n) is 1.72. The van der Waals surface area contributed by atoms with E-state index in [1.807, 2.05) is 6.92 Å². The summed E-state index contributed by atoms with van der Waals surface area (Å²) < 4.78 is 39.4. The summed E-state index contributed by atoms with van der Waals surface area (Å²) in [6.45, 7) is 4.01. The molecule has 0 aliphatic carbocycles. The van der Waals surface area contributed by atoms with E-state index < -0.39 is 20.7 Å². The van der Waals surface area contributed by atoms with Crippen molar-refractivity contribution in [1.29, 1.82) is 0 Å². The van der Waals surface area contributed by atoms with E-state index in [-0.39, 0.29) is 31.3 Å². The Morgan fingerprint density at radius 1 is 1.13 bits per heavy atom. The first-order valence-electron chi connectivity index (χ1n) is 7.19. The topological polar surface area (TPSA) is 87.3 Å². The average Bonchev–Trinajstić information content (AvgIpc) is 2.47. The lowest BCUT2D eigenvalue weighted by atomic mass is 10.3. The first-order valence-corrected chi connectivity index (χ1v) is 8.67.